The number of amides is 1. The molecule has 4 aromatic carbocycles. The largest absolute Gasteiger partial charge is 0.489 e. The average Bonchev–Trinajstić information content (AvgIpc) is 3.67. The van der Waals surface area contributed by atoms with Crippen LogP contribution in [0.5, 0.6) is 5.75 Å². The molecule has 6 rings (SSSR count). The highest BCUT2D eigenvalue weighted by molar-refractivity contribution is 6.03. The fourth-order valence-electron chi connectivity index (χ4n) is 6.35. The highest BCUT2D eigenvalue weighted by Gasteiger charge is 2.30. The van der Waals surface area contributed by atoms with E-state index in [-0.39, 0.29) is 17.9 Å². The van der Waals surface area contributed by atoms with Gasteiger partial charge < -0.3 is 19.5 Å². The number of hydrogen-bond donors (Lipinski definition) is 1. The van der Waals surface area contributed by atoms with Crippen LogP contribution in [0.1, 0.15) is 65.3 Å². The molecule has 0 aliphatic carbocycles. The highest BCUT2D eigenvalue weighted by Crippen LogP contribution is 2.40. The van der Waals surface area contributed by atoms with E-state index >= 15 is 0 Å². The number of fused-ring (bicyclic) bond motifs is 1. The first-order valence-corrected chi connectivity index (χ1v) is 15.5. The summed E-state index contributed by atoms with van der Waals surface area (Å²) in [5.74, 6) is 0.673. The van der Waals surface area contributed by atoms with Crippen molar-refractivity contribution in [2.45, 2.75) is 51.8 Å². The predicted octanol–water partition coefficient (Wildman–Crippen LogP) is 7.63. The molecule has 0 spiro atoms. The van der Waals surface area contributed by atoms with Gasteiger partial charge in [-0.3, -0.25) is 4.79 Å². The van der Waals surface area contributed by atoms with E-state index in [2.05, 4.69) is 99.7 Å². The monoisotopic (exact) mass is 571 g/mol. The molecule has 43 heavy (non-hydrogen) atoms. The minimum absolute atomic E-state index is 0.0219. The van der Waals surface area contributed by atoms with E-state index in [4.69, 9.17) is 4.74 Å². The van der Waals surface area contributed by atoms with Gasteiger partial charge in [-0.15, -0.1) is 0 Å². The van der Waals surface area contributed by atoms with Gasteiger partial charge in [0.1, 0.15) is 18.1 Å². The Morgan fingerprint density at radius 1 is 0.767 bits per heavy atom. The molecule has 5 heteroatoms. The summed E-state index contributed by atoms with van der Waals surface area (Å²) in [4.78, 5) is 16.7. The van der Waals surface area contributed by atoms with Crippen LogP contribution < -0.4 is 10.1 Å². The van der Waals surface area contributed by atoms with Gasteiger partial charge in [-0.25, -0.2) is 0 Å². The van der Waals surface area contributed by atoms with Crippen LogP contribution in [0.4, 0.5) is 0 Å². The van der Waals surface area contributed by atoms with Crippen molar-refractivity contribution in [1.29, 1.82) is 0 Å². The van der Waals surface area contributed by atoms with Crippen molar-refractivity contribution in [3.05, 3.63) is 137 Å². The maximum atomic E-state index is 14.1. The Morgan fingerprint density at radius 2 is 1.40 bits per heavy atom. The number of nitrogens with zero attached hydrogens (tertiary/aromatic N) is 2. The predicted molar refractivity (Wildman–Crippen MR) is 175 cm³/mol. The smallest absolute Gasteiger partial charge is 0.268 e. The Bertz CT molecular complexity index is 1640. The summed E-state index contributed by atoms with van der Waals surface area (Å²) >= 11 is 0. The second-order valence-electron chi connectivity index (χ2n) is 11.8. The van der Waals surface area contributed by atoms with Crippen molar-refractivity contribution in [3.8, 4) is 5.75 Å². The maximum Gasteiger partial charge on any atom is 0.268 e. The summed E-state index contributed by atoms with van der Waals surface area (Å²) in [6, 6.07) is 37.7. The van der Waals surface area contributed by atoms with E-state index in [1.807, 2.05) is 38.1 Å². The van der Waals surface area contributed by atoms with Gasteiger partial charge in [-0.05, 0) is 74.7 Å². The van der Waals surface area contributed by atoms with E-state index in [1.54, 1.807) is 0 Å². The number of likely N-dealkylation sites (tertiary alicyclic amines) is 1. The minimum Gasteiger partial charge on any atom is -0.489 e. The van der Waals surface area contributed by atoms with Crippen molar-refractivity contribution < 1.29 is 9.53 Å². The average molecular weight is 572 g/mol. The lowest BCUT2D eigenvalue weighted by Gasteiger charge is -2.22. The van der Waals surface area contributed by atoms with E-state index in [0.29, 0.717) is 6.61 Å². The van der Waals surface area contributed by atoms with Gasteiger partial charge in [0.15, 0.2) is 0 Å². The van der Waals surface area contributed by atoms with Gasteiger partial charge in [-0.1, -0.05) is 91.0 Å². The number of carbonyl (C=O) groups excluding carboxylic acids is 1. The van der Waals surface area contributed by atoms with E-state index in [0.717, 1.165) is 70.8 Å². The molecule has 1 N–H and O–H groups in total. The minimum atomic E-state index is -0.129. The zero-order valence-corrected chi connectivity index (χ0v) is 25.2. The molecule has 1 aliphatic heterocycles. The lowest BCUT2D eigenvalue weighted by atomic mass is 9.83. The Labute approximate surface area is 255 Å². The van der Waals surface area contributed by atoms with Gasteiger partial charge >= 0.3 is 0 Å². The first-order chi connectivity index (χ1) is 21.1. The lowest BCUT2D eigenvalue weighted by molar-refractivity contribution is 0.0932. The molecular weight excluding hydrogens is 530 g/mol. The molecule has 1 fully saturated rings. The Balaban J connectivity index is 1.45. The number of rotatable bonds is 11. The number of para-hydroxylation sites is 1. The standard InChI is InChI=1S/C38H41N3O2/c1-28(2)39-38(42)37-36(33-17-9-10-18-34(33)41(37)26-25-40-23-11-12-24-40)35(30-15-7-4-8-16-30)31-19-21-32(22-20-31)43-27-29-13-5-3-6-14-29/h3-10,13-22,28,35H,11-12,23-27H2,1-2H3,(H,39,42). The molecular formula is C38H41N3O2. The van der Waals surface area contributed by atoms with Crippen molar-refractivity contribution >= 4 is 16.8 Å². The number of ether oxygens (including phenoxy) is 1. The second kappa shape index (κ2) is 13.3. The van der Waals surface area contributed by atoms with Crippen LogP contribution in [-0.4, -0.2) is 41.1 Å². The summed E-state index contributed by atoms with van der Waals surface area (Å²) in [5, 5.41) is 4.36. The van der Waals surface area contributed by atoms with Crippen molar-refractivity contribution in [2.75, 3.05) is 19.6 Å². The third kappa shape index (κ3) is 6.52. The Hall–Kier alpha value is -4.35. The van der Waals surface area contributed by atoms with Crippen LogP contribution in [-0.2, 0) is 13.2 Å². The number of nitrogens with one attached hydrogen (secondary N) is 1. The zero-order valence-electron chi connectivity index (χ0n) is 25.2. The fraction of sp³-hybridized carbons (Fsp3) is 0.289. The van der Waals surface area contributed by atoms with Crippen LogP contribution >= 0.6 is 0 Å². The third-order valence-corrected chi connectivity index (χ3v) is 8.37. The SMILES string of the molecule is CC(C)NC(=O)c1c(C(c2ccccc2)c2ccc(OCc3ccccc3)cc2)c2ccccc2n1CCN1CCCC1. The maximum absolute atomic E-state index is 14.1. The van der Waals surface area contributed by atoms with Crippen molar-refractivity contribution in [3.63, 3.8) is 0 Å². The molecule has 0 saturated carbocycles. The second-order valence-corrected chi connectivity index (χ2v) is 11.8. The molecule has 2 heterocycles. The van der Waals surface area contributed by atoms with Crippen LogP contribution in [0.2, 0.25) is 0 Å². The molecule has 220 valence electrons. The quantitative estimate of drug-likeness (QED) is 0.177. The molecule has 1 aliphatic rings. The zero-order chi connectivity index (χ0) is 29.6. The molecule has 1 aromatic heterocycles. The summed E-state index contributed by atoms with van der Waals surface area (Å²) in [5.41, 5.74) is 6.33. The third-order valence-electron chi connectivity index (χ3n) is 8.37. The van der Waals surface area contributed by atoms with Gasteiger partial charge in [0.25, 0.3) is 5.91 Å². The number of aromatic nitrogens is 1. The van der Waals surface area contributed by atoms with Gasteiger partial charge in [0.2, 0.25) is 0 Å². The molecule has 1 amide bonds. The van der Waals surface area contributed by atoms with Crippen LogP contribution in [0.15, 0.2) is 109 Å². The van der Waals surface area contributed by atoms with Crippen LogP contribution in [0.25, 0.3) is 10.9 Å². The summed E-state index contributed by atoms with van der Waals surface area (Å²) in [6.45, 7) is 8.54. The molecule has 0 bridgehead atoms. The molecule has 5 aromatic rings. The Morgan fingerprint density at radius 3 is 2.09 bits per heavy atom. The van der Waals surface area contributed by atoms with E-state index < -0.39 is 0 Å². The molecule has 1 saturated heterocycles. The van der Waals surface area contributed by atoms with Gasteiger partial charge in [0, 0.05) is 41.5 Å². The molecule has 1 atom stereocenters. The number of benzene rings is 4. The van der Waals surface area contributed by atoms with E-state index in [1.165, 1.54) is 12.8 Å². The fourth-order valence-corrected chi connectivity index (χ4v) is 6.35. The Kier molecular flexibility index (Phi) is 8.90. The molecule has 0 radical (unpaired) electrons. The lowest BCUT2D eigenvalue weighted by Crippen LogP contribution is -2.34. The summed E-state index contributed by atoms with van der Waals surface area (Å²) in [6.07, 6.45) is 2.50. The number of carbonyl (C=O) groups is 1. The summed E-state index contributed by atoms with van der Waals surface area (Å²) in [7, 11) is 0. The van der Waals surface area contributed by atoms with Crippen LogP contribution in [0.3, 0.4) is 0 Å². The van der Waals surface area contributed by atoms with E-state index in [9.17, 15) is 4.79 Å². The molecule has 1 unspecified atom stereocenters. The van der Waals surface area contributed by atoms with Crippen LogP contribution in [0, 0.1) is 0 Å². The number of hydrogen-bond acceptors (Lipinski definition) is 3. The van der Waals surface area contributed by atoms with Crippen molar-refractivity contribution in [1.82, 2.24) is 14.8 Å². The van der Waals surface area contributed by atoms with Gasteiger partial charge in [0.05, 0.1) is 0 Å². The first-order valence-electron chi connectivity index (χ1n) is 15.5. The highest BCUT2D eigenvalue weighted by atomic mass is 16.5. The van der Waals surface area contributed by atoms with Gasteiger partial charge in [-0.2, -0.15) is 0 Å². The molecule has 5 nitrogen and oxygen atoms in total. The topological polar surface area (TPSA) is 46.5 Å². The first kappa shape index (κ1) is 28.8. The normalized spacial score (nSPS) is 14.3. The summed E-state index contributed by atoms with van der Waals surface area (Å²) < 4.78 is 8.40. The van der Waals surface area contributed by atoms with Crippen molar-refractivity contribution in [2.24, 2.45) is 0 Å².